The Morgan fingerprint density at radius 2 is 1.81 bits per heavy atom. The summed E-state index contributed by atoms with van der Waals surface area (Å²) in [6, 6.07) is 17.3. The number of likely N-dealkylation sites (N-methyl/N-ethyl adjacent to an activating group) is 1. The summed E-state index contributed by atoms with van der Waals surface area (Å²) in [5.41, 5.74) is 2.64. The van der Waals surface area contributed by atoms with Gasteiger partial charge in [0, 0.05) is 44.1 Å². The molecule has 0 aromatic heterocycles. The summed E-state index contributed by atoms with van der Waals surface area (Å²) in [6.45, 7) is 7.13. The molecule has 0 aliphatic carbocycles. The van der Waals surface area contributed by atoms with Gasteiger partial charge in [-0.25, -0.2) is 4.99 Å². The number of anilines is 2. The number of amides is 2. The van der Waals surface area contributed by atoms with E-state index in [9.17, 15) is 9.59 Å². The molecule has 0 spiro atoms. The van der Waals surface area contributed by atoms with E-state index in [0.717, 1.165) is 37.7 Å². The second-order valence-electron chi connectivity index (χ2n) is 7.38. The average Bonchev–Trinajstić information content (AvgIpc) is 3.12. The minimum Gasteiger partial charge on any atom is -0.378 e. The molecule has 2 amide bonds. The fourth-order valence-corrected chi connectivity index (χ4v) is 4.61. The average molecular weight is 451 g/mol. The third-order valence-electron chi connectivity index (χ3n) is 5.27. The van der Waals surface area contributed by atoms with E-state index in [1.54, 1.807) is 11.1 Å². The lowest BCUT2D eigenvalue weighted by Gasteiger charge is -2.28. The summed E-state index contributed by atoms with van der Waals surface area (Å²) < 4.78 is 5.41. The lowest BCUT2D eigenvalue weighted by atomic mass is 10.2. The highest BCUT2D eigenvalue weighted by Gasteiger charge is 2.33. The maximum absolute atomic E-state index is 13.0. The van der Waals surface area contributed by atoms with E-state index in [1.807, 2.05) is 61.5 Å². The number of aliphatic imine (C=N–C) groups is 1. The van der Waals surface area contributed by atoms with Gasteiger partial charge in [-0.05, 0) is 55.1 Å². The van der Waals surface area contributed by atoms with Crippen LogP contribution in [-0.2, 0) is 14.3 Å². The van der Waals surface area contributed by atoms with Crippen LogP contribution in [0.4, 0.5) is 17.1 Å². The molecule has 0 unspecified atom stereocenters. The molecule has 2 aromatic carbocycles. The van der Waals surface area contributed by atoms with Crippen molar-refractivity contribution in [3.05, 3.63) is 65.7 Å². The number of rotatable bonds is 5. The number of hydrogen-bond donors (Lipinski definition) is 0. The minimum absolute atomic E-state index is 0.150. The van der Waals surface area contributed by atoms with Crippen LogP contribution in [-0.4, -0.2) is 54.7 Å². The molecule has 7 nitrogen and oxygen atoms in total. The zero-order valence-electron chi connectivity index (χ0n) is 18.2. The molecular weight excluding hydrogens is 424 g/mol. The Hall–Kier alpha value is -3.10. The van der Waals surface area contributed by atoms with Crippen LogP contribution >= 0.6 is 11.8 Å². The van der Waals surface area contributed by atoms with Crippen LogP contribution in [0.15, 0.2) is 70.7 Å². The van der Waals surface area contributed by atoms with Crippen molar-refractivity contribution in [2.24, 2.45) is 4.99 Å². The van der Waals surface area contributed by atoms with Gasteiger partial charge in [-0.3, -0.25) is 19.4 Å². The summed E-state index contributed by atoms with van der Waals surface area (Å²) in [6.07, 6.45) is 1.61. The number of amidine groups is 1. The molecule has 0 radical (unpaired) electrons. The second kappa shape index (κ2) is 10.0. The van der Waals surface area contributed by atoms with E-state index < -0.39 is 0 Å². The predicted octanol–water partition coefficient (Wildman–Crippen LogP) is 4.00. The van der Waals surface area contributed by atoms with Crippen molar-refractivity contribution in [3.8, 4) is 0 Å². The van der Waals surface area contributed by atoms with Crippen molar-refractivity contribution in [2.75, 3.05) is 42.6 Å². The van der Waals surface area contributed by atoms with E-state index in [0.29, 0.717) is 22.3 Å². The van der Waals surface area contributed by atoms with Crippen molar-refractivity contribution in [2.45, 2.75) is 13.8 Å². The summed E-state index contributed by atoms with van der Waals surface area (Å²) in [5.74, 6) is -0.312. The molecule has 0 bridgehead atoms. The number of ether oxygens (including phenoxy) is 1. The van der Waals surface area contributed by atoms with E-state index in [4.69, 9.17) is 9.73 Å². The quantitative estimate of drug-likeness (QED) is 0.645. The minimum atomic E-state index is -0.163. The van der Waals surface area contributed by atoms with Crippen molar-refractivity contribution in [3.63, 3.8) is 0 Å². The third kappa shape index (κ3) is 4.87. The highest BCUT2D eigenvalue weighted by Crippen LogP contribution is 2.34. The SMILES string of the molecule is CCN1C(=O)C(=CN(C(C)=O)c2ccccc2)SC1=Nc1ccc(N2CCOCC2)cc1. The first kappa shape index (κ1) is 22.1. The van der Waals surface area contributed by atoms with Gasteiger partial charge in [0.1, 0.15) is 0 Å². The van der Waals surface area contributed by atoms with Crippen LogP contribution < -0.4 is 9.80 Å². The summed E-state index contributed by atoms with van der Waals surface area (Å²) in [5, 5.41) is 0.611. The van der Waals surface area contributed by atoms with Gasteiger partial charge in [0.15, 0.2) is 5.17 Å². The standard InChI is InChI=1S/C24H26N4O3S/c1-3-27-23(30)22(17-28(18(2)29)21-7-5-4-6-8-21)32-24(27)25-19-9-11-20(12-10-19)26-13-15-31-16-14-26/h4-12,17H,3,13-16H2,1-2H3. The highest BCUT2D eigenvalue weighted by molar-refractivity contribution is 8.18. The molecule has 2 aromatic rings. The Morgan fingerprint density at radius 1 is 1.12 bits per heavy atom. The Labute approximate surface area is 192 Å². The second-order valence-corrected chi connectivity index (χ2v) is 8.39. The first-order valence-corrected chi connectivity index (χ1v) is 11.5. The Kier molecular flexibility index (Phi) is 6.92. The lowest BCUT2D eigenvalue weighted by molar-refractivity contribution is -0.122. The molecule has 2 aliphatic heterocycles. The van der Waals surface area contributed by atoms with E-state index in [1.165, 1.54) is 23.6 Å². The molecule has 166 valence electrons. The van der Waals surface area contributed by atoms with Crippen LogP contribution in [0.25, 0.3) is 0 Å². The molecule has 0 N–H and O–H groups in total. The molecule has 4 rings (SSSR count). The number of benzene rings is 2. The smallest absolute Gasteiger partial charge is 0.268 e. The first-order chi connectivity index (χ1) is 15.6. The highest BCUT2D eigenvalue weighted by atomic mass is 32.2. The van der Waals surface area contributed by atoms with Gasteiger partial charge < -0.3 is 9.64 Å². The molecule has 8 heteroatoms. The predicted molar refractivity (Wildman–Crippen MR) is 129 cm³/mol. The van der Waals surface area contributed by atoms with Crippen molar-refractivity contribution >= 4 is 45.8 Å². The van der Waals surface area contributed by atoms with Crippen molar-refractivity contribution in [1.29, 1.82) is 0 Å². The summed E-state index contributed by atoms with van der Waals surface area (Å²) in [4.78, 5) is 35.8. The van der Waals surface area contributed by atoms with Crippen LogP contribution in [0.5, 0.6) is 0 Å². The molecule has 2 fully saturated rings. The van der Waals surface area contributed by atoms with Crippen LogP contribution in [0, 0.1) is 0 Å². The molecule has 32 heavy (non-hydrogen) atoms. The number of hydrogen-bond acceptors (Lipinski definition) is 6. The van der Waals surface area contributed by atoms with E-state index in [2.05, 4.69) is 4.90 Å². The molecule has 2 saturated heterocycles. The Balaban J connectivity index is 1.57. The third-order valence-corrected chi connectivity index (χ3v) is 6.27. The van der Waals surface area contributed by atoms with Gasteiger partial charge in [0.25, 0.3) is 5.91 Å². The number of carbonyl (C=O) groups is 2. The number of para-hydroxylation sites is 1. The normalized spacial score (nSPS) is 19.1. The van der Waals surface area contributed by atoms with Crippen LogP contribution in [0.3, 0.4) is 0 Å². The fourth-order valence-electron chi connectivity index (χ4n) is 3.58. The summed E-state index contributed by atoms with van der Waals surface area (Å²) in [7, 11) is 0. The maximum Gasteiger partial charge on any atom is 0.268 e. The van der Waals surface area contributed by atoms with E-state index in [-0.39, 0.29) is 11.8 Å². The van der Waals surface area contributed by atoms with Gasteiger partial charge in [0.2, 0.25) is 5.91 Å². The molecule has 2 aliphatic rings. The van der Waals surface area contributed by atoms with Gasteiger partial charge in [-0.1, -0.05) is 18.2 Å². The number of morpholine rings is 1. The number of nitrogens with zero attached hydrogens (tertiary/aromatic N) is 4. The monoisotopic (exact) mass is 450 g/mol. The largest absolute Gasteiger partial charge is 0.378 e. The fraction of sp³-hybridized carbons (Fsp3) is 0.292. The van der Waals surface area contributed by atoms with Gasteiger partial charge >= 0.3 is 0 Å². The van der Waals surface area contributed by atoms with Gasteiger partial charge in [0.05, 0.1) is 23.8 Å². The summed E-state index contributed by atoms with van der Waals surface area (Å²) >= 11 is 1.29. The molecule has 0 saturated carbocycles. The van der Waals surface area contributed by atoms with Gasteiger partial charge in [-0.2, -0.15) is 0 Å². The first-order valence-electron chi connectivity index (χ1n) is 10.6. The molecule has 2 heterocycles. The number of carbonyl (C=O) groups excluding carboxylic acids is 2. The van der Waals surface area contributed by atoms with Crippen molar-refractivity contribution < 1.29 is 14.3 Å². The van der Waals surface area contributed by atoms with Crippen LogP contribution in [0.1, 0.15) is 13.8 Å². The van der Waals surface area contributed by atoms with E-state index >= 15 is 0 Å². The van der Waals surface area contributed by atoms with Crippen molar-refractivity contribution in [1.82, 2.24) is 4.90 Å². The zero-order valence-corrected chi connectivity index (χ0v) is 19.0. The Morgan fingerprint density at radius 3 is 2.44 bits per heavy atom. The lowest BCUT2D eigenvalue weighted by Crippen LogP contribution is -2.36. The topological polar surface area (TPSA) is 65.5 Å². The van der Waals surface area contributed by atoms with Gasteiger partial charge in [-0.15, -0.1) is 0 Å². The molecular formula is C24H26N4O3S. The zero-order chi connectivity index (χ0) is 22.5. The van der Waals surface area contributed by atoms with Crippen LogP contribution in [0.2, 0.25) is 0 Å². The Bertz CT molecular complexity index is 1030. The molecule has 0 atom stereocenters. The maximum atomic E-state index is 13.0. The number of thioether (sulfide) groups is 1.